The van der Waals surface area contributed by atoms with Crippen LogP contribution < -0.4 is 4.74 Å². The van der Waals surface area contributed by atoms with E-state index < -0.39 is 0 Å². The number of nitrogens with zero attached hydrogens (tertiary/aromatic N) is 2. The first-order chi connectivity index (χ1) is 10.4. The van der Waals surface area contributed by atoms with E-state index in [9.17, 15) is 5.26 Å². The molecule has 4 nitrogen and oxygen atoms in total. The molecule has 0 aliphatic rings. The van der Waals surface area contributed by atoms with Gasteiger partial charge in [-0.1, -0.05) is 30.3 Å². The lowest BCUT2D eigenvalue weighted by Crippen LogP contribution is -1.97. The van der Waals surface area contributed by atoms with Crippen molar-refractivity contribution >= 4 is 0 Å². The number of aromatic nitrogens is 2. The summed E-state index contributed by atoms with van der Waals surface area (Å²) in [7, 11) is 0. The highest BCUT2D eigenvalue weighted by molar-refractivity contribution is 5.61. The number of ether oxygens (including phenoxy) is 1. The van der Waals surface area contributed by atoms with Gasteiger partial charge in [0.15, 0.2) is 0 Å². The predicted molar refractivity (Wildman–Crippen MR) is 79.5 cm³/mol. The lowest BCUT2D eigenvalue weighted by atomic mass is 10.1. The van der Waals surface area contributed by atoms with Gasteiger partial charge in [-0.25, -0.2) is 4.98 Å². The Bertz CT molecular complexity index is 758. The molecule has 21 heavy (non-hydrogen) atoms. The van der Waals surface area contributed by atoms with Gasteiger partial charge < -0.3 is 9.72 Å². The summed E-state index contributed by atoms with van der Waals surface area (Å²) in [4.78, 5) is 7.25. The van der Waals surface area contributed by atoms with Crippen molar-refractivity contribution in [2.24, 2.45) is 0 Å². The van der Waals surface area contributed by atoms with E-state index in [1.165, 1.54) is 0 Å². The minimum absolute atomic E-state index is 0.428. The summed E-state index contributed by atoms with van der Waals surface area (Å²) < 4.78 is 5.79. The van der Waals surface area contributed by atoms with Crippen LogP contribution in [0, 0.1) is 11.3 Å². The summed E-state index contributed by atoms with van der Waals surface area (Å²) in [5, 5.41) is 9.18. The van der Waals surface area contributed by atoms with Crippen LogP contribution in [0.2, 0.25) is 0 Å². The summed E-state index contributed by atoms with van der Waals surface area (Å²) in [6.45, 7) is 0.428. The van der Waals surface area contributed by atoms with Gasteiger partial charge in [0.2, 0.25) is 0 Å². The third kappa shape index (κ3) is 2.93. The van der Waals surface area contributed by atoms with Crippen LogP contribution in [0.4, 0.5) is 0 Å². The maximum absolute atomic E-state index is 9.18. The molecular formula is C17H13N3O. The Morgan fingerprint density at radius 3 is 2.71 bits per heavy atom. The molecule has 1 heterocycles. The molecule has 0 saturated carbocycles. The van der Waals surface area contributed by atoms with Crippen molar-refractivity contribution in [1.29, 1.82) is 5.26 Å². The third-order valence-corrected chi connectivity index (χ3v) is 3.11. The monoisotopic (exact) mass is 275 g/mol. The van der Waals surface area contributed by atoms with Crippen molar-refractivity contribution in [3.63, 3.8) is 0 Å². The molecule has 0 fully saturated rings. The van der Waals surface area contributed by atoms with Gasteiger partial charge in [-0.15, -0.1) is 0 Å². The lowest BCUT2D eigenvalue weighted by Gasteiger charge is -2.09. The van der Waals surface area contributed by atoms with Crippen LogP contribution in [0.25, 0.3) is 11.4 Å². The number of benzene rings is 2. The van der Waals surface area contributed by atoms with Crippen molar-refractivity contribution in [2.75, 3.05) is 0 Å². The maximum Gasteiger partial charge on any atom is 0.138 e. The molecule has 0 amide bonds. The zero-order valence-electron chi connectivity index (χ0n) is 11.3. The zero-order valence-corrected chi connectivity index (χ0v) is 11.3. The van der Waals surface area contributed by atoms with Crippen LogP contribution in [-0.4, -0.2) is 9.97 Å². The van der Waals surface area contributed by atoms with Crippen LogP contribution in [0.3, 0.4) is 0 Å². The van der Waals surface area contributed by atoms with Gasteiger partial charge in [0.05, 0.1) is 5.56 Å². The van der Waals surface area contributed by atoms with Gasteiger partial charge in [-0.3, -0.25) is 0 Å². The molecule has 4 heteroatoms. The number of nitriles is 1. The first-order valence-corrected chi connectivity index (χ1v) is 6.57. The van der Waals surface area contributed by atoms with Crippen molar-refractivity contribution in [2.45, 2.75) is 6.61 Å². The number of hydrogen-bond acceptors (Lipinski definition) is 3. The Morgan fingerprint density at radius 2 is 2.00 bits per heavy atom. The molecule has 2 aromatic carbocycles. The Balaban J connectivity index is 1.86. The molecule has 0 unspecified atom stereocenters. The first-order valence-electron chi connectivity index (χ1n) is 6.57. The second kappa shape index (κ2) is 5.93. The number of rotatable bonds is 4. The Kier molecular flexibility index (Phi) is 3.66. The fourth-order valence-electron chi connectivity index (χ4n) is 2.04. The lowest BCUT2D eigenvalue weighted by molar-refractivity contribution is 0.305. The van der Waals surface area contributed by atoms with Crippen molar-refractivity contribution < 1.29 is 4.74 Å². The average Bonchev–Trinajstić information content (AvgIpc) is 3.08. The van der Waals surface area contributed by atoms with E-state index in [4.69, 9.17) is 4.74 Å². The van der Waals surface area contributed by atoms with Crippen molar-refractivity contribution in [3.05, 3.63) is 72.1 Å². The van der Waals surface area contributed by atoms with E-state index in [-0.39, 0.29) is 0 Å². The normalized spacial score (nSPS) is 10.0. The Morgan fingerprint density at radius 1 is 1.14 bits per heavy atom. The quantitative estimate of drug-likeness (QED) is 0.792. The highest BCUT2D eigenvalue weighted by Crippen LogP contribution is 2.25. The van der Waals surface area contributed by atoms with Crippen molar-refractivity contribution in [3.8, 4) is 23.2 Å². The Labute approximate surface area is 122 Å². The molecule has 0 aliphatic heterocycles. The van der Waals surface area contributed by atoms with E-state index >= 15 is 0 Å². The fraction of sp³-hybridized carbons (Fsp3) is 0.0588. The topological polar surface area (TPSA) is 61.7 Å². The number of nitrogens with one attached hydrogen (secondary N) is 1. The highest BCUT2D eigenvalue weighted by Gasteiger charge is 2.08. The van der Waals surface area contributed by atoms with Crippen molar-refractivity contribution in [1.82, 2.24) is 9.97 Å². The molecule has 3 rings (SSSR count). The summed E-state index contributed by atoms with van der Waals surface area (Å²) in [6.07, 6.45) is 3.45. The highest BCUT2D eigenvalue weighted by atomic mass is 16.5. The molecule has 0 saturated heterocycles. The van der Waals surface area contributed by atoms with Gasteiger partial charge in [0.25, 0.3) is 0 Å². The SMILES string of the molecule is N#Cc1ccc(-c2ncc[nH]2)cc1OCc1ccccc1. The van der Waals surface area contributed by atoms with E-state index in [0.29, 0.717) is 17.9 Å². The Hall–Kier alpha value is -3.06. The van der Waals surface area contributed by atoms with Gasteiger partial charge in [0, 0.05) is 18.0 Å². The molecule has 1 N–H and O–H groups in total. The van der Waals surface area contributed by atoms with Crippen LogP contribution in [0.5, 0.6) is 5.75 Å². The molecule has 0 bridgehead atoms. The summed E-state index contributed by atoms with van der Waals surface area (Å²) in [6, 6.07) is 17.4. The summed E-state index contributed by atoms with van der Waals surface area (Å²) in [5.74, 6) is 1.32. The molecule has 0 radical (unpaired) electrons. The fourth-order valence-corrected chi connectivity index (χ4v) is 2.04. The number of hydrogen-bond donors (Lipinski definition) is 1. The van der Waals surface area contributed by atoms with E-state index in [1.807, 2.05) is 42.5 Å². The van der Waals surface area contributed by atoms with E-state index in [1.54, 1.807) is 18.5 Å². The van der Waals surface area contributed by atoms with Gasteiger partial charge in [-0.2, -0.15) is 5.26 Å². The summed E-state index contributed by atoms with van der Waals surface area (Å²) in [5.41, 5.74) is 2.47. The smallest absolute Gasteiger partial charge is 0.138 e. The van der Waals surface area contributed by atoms with E-state index in [2.05, 4.69) is 16.0 Å². The minimum Gasteiger partial charge on any atom is -0.487 e. The van der Waals surface area contributed by atoms with Crippen LogP contribution in [-0.2, 0) is 6.61 Å². The molecule has 3 aromatic rings. The van der Waals surface area contributed by atoms with Gasteiger partial charge >= 0.3 is 0 Å². The van der Waals surface area contributed by atoms with E-state index in [0.717, 1.165) is 17.0 Å². The molecule has 102 valence electrons. The number of imidazole rings is 1. The van der Waals surface area contributed by atoms with Crippen LogP contribution >= 0.6 is 0 Å². The average molecular weight is 275 g/mol. The second-order valence-electron chi connectivity index (χ2n) is 4.53. The number of H-pyrrole nitrogens is 1. The predicted octanol–water partition coefficient (Wildman–Crippen LogP) is 3.53. The molecule has 1 aromatic heterocycles. The summed E-state index contributed by atoms with van der Waals surface area (Å²) >= 11 is 0. The van der Waals surface area contributed by atoms with Gasteiger partial charge in [-0.05, 0) is 23.8 Å². The molecule has 0 spiro atoms. The molecular weight excluding hydrogens is 262 g/mol. The van der Waals surface area contributed by atoms with Crippen LogP contribution in [0.1, 0.15) is 11.1 Å². The standard InChI is InChI=1S/C17H13N3O/c18-11-15-7-6-14(17-19-8-9-20-17)10-16(15)21-12-13-4-2-1-3-5-13/h1-10H,12H2,(H,19,20). The first kappa shape index (κ1) is 12.9. The second-order valence-corrected chi connectivity index (χ2v) is 4.53. The van der Waals surface area contributed by atoms with Crippen LogP contribution in [0.15, 0.2) is 60.9 Å². The maximum atomic E-state index is 9.18. The largest absolute Gasteiger partial charge is 0.487 e. The molecule has 0 aliphatic carbocycles. The minimum atomic E-state index is 0.428. The van der Waals surface area contributed by atoms with Gasteiger partial charge in [0.1, 0.15) is 24.3 Å². The molecule has 0 atom stereocenters. The number of aromatic amines is 1. The third-order valence-electron chi connectivity index (χ3n) is 3.11. The zero-order chi connectivity index (χ0) is 14.5.